The number of aromatic amines is 1. The summed E-state index contributed by atoms with van der Waals surface area (Å²) in [6.45, 7) is 0.930. The lowest BCUT2D eigenvalue weighted by molar-refractivity contribution is 0.414. The normalized spacial score (nSPS) is 17.3. The number of rotatable bonds is 2. The van der Waals surface area contributed by atoms with E-state index in [-0.39, 0.29) is 6.04 Å². The van der Waals surface area contributed by atoms with E-state index in [0.29, 0.717) is 0 Å². The summed E-state index contributed by atoms with van der Waals surface area (Å²) in [6.07, 6.45) is 1.01. The molecule has 1 aliphatic heterocycles. The lowest BCUT2D eigenvalue weighted by atomic mass is 9.94. The standard InChI is InChI=1S/C18H16BrClN2O/c1-23-11-3-4-13(15(20)9-11)17-18-12(6-7-21-17)14-8-10(19)2-5-16(14)22-18/h2-5,8-9,17,21-22H,6-7H2,1H3. The van der Waals surface area contributed by atoms with E-state index in [9.17, 15) is 0 Å². The van der Waals surface area contributed by atoms with Crippen molar-refractivity contribution < 1.29 is 4.74 Å². The molecule has 5 heteroatoms. The molecule has 3 aromatic rings. The summed E-state index contributed by atoms with van der Waals surface area (Å²) in [5.41, 5.74) is 4.81. The topological polar surface area (TPSA) is 37.0 Å². The Balaban J connectivity index is 1.86. The fourth-order valence-electron chi connectivity index (χ4n) is 3.33. The Morgan fingerprint density at radius 3 is 2.87 bits per heavy atom. The molecular formula is C18H16BrClN2O. The van der Waals surface area contributed by atoms with Crippen molar-refractivity contribution >= 4 is 38.4 Å². The second kappa shape index (κ2) is 5.86. The monoisotopic (exact) mass is 390 g/mol. The minimum atomic E-state index is 0.0725. The summed E-state index contributed by atoms with van der Waals surface area (Å²) in [5.74, 6) is 0.773. The van der Waals surface area contributed by atoms with Gasteiger partial charge in [-0.1, -0.05) is 33.6 Å². The van der Waals surface area contributed by atoms with Gasteiger partial charge >= 0.3 is 0 Å². The minimum absolute atomic E-state index is 0.0725. The summed E-state index contributed by atoms with van der Waals surface area (Å²) in [5, 5.41) is 5.58. The van der Waals surface area contributed by atoms with Gasteiger partial charge in [-0.15, -0.1) is 0 Å². The maximum Gasteiger partial charge on any atom is 0.120 e. The van der Waals surface area contributed by atoms with E-state index in [2.05, 4.69) is 44.4 Å². The van der Waals surface area contributed by atoms with Gasteiger partial charge in [-0.25, -0.2) is 0 Å². The maximum atomic E-state index is 6.49. The van der Waals surface area contributed by atoms with Crippen LogP contribution in [0.15, 0.2) is 40.9 Å². The highest BCUT2D eigenvalue weighted by atomic mass is 79.9. The summed E-state index contributed by atoms with van der Waals surface area (Å²) in [7, 11) is 1.65. The molecule has 0 radical (unpaired) electrons. The van der Waals surface area contributed by atoms with Crippen molar-refractivity contribution in [1.82, 2.24) is 10.3 Å². The summed E-state index contributed by atoms with van der Waals surface area (Å²) >= 11 is 10.1. The van der Waals surface area contributed by atoms with Gasteiger partial charge in [0.05, 0.1) is 13.2 Å². The zero-order valence-electron chi connectivity index (χ0n) is 12.6. The molecule has 2 N–H and O–H groups in total. The molecule has 118 valence electrons. The van der Waals surface area contributed by atoms with Crippen LogP contribution in [0.4, 0.5) is 0 Å². The fourth-order valence-corrected chi connectivity index (χ4v) is 3.98. The van der Waals surface area contributed by atoms with Gasteiger partial charge in [-0.05, 0) is 47.9 Å². The highest BCUT2D eigenvalue weighted by molar-refractivity contribution is 9.10. The molecule has 2 aromatic carbocycles. The third-order valence-corrected chi connectivity index (χ3v) is 5.25. The number of hydrogen-bond acceptors (Lipinski definition) is 2. The summed E-state index contributed by atoms with van der Waals surface area (Å²) in [6, 6.07) is 12.3. The first-order chi connectivity index (χ1) is 11.2. The third-order valence-electron chi connectivity index (χ3n) is 4.43. The minimum Gasteiger partial charge on any atom is -0.497 e. The highest BCUT2D eigenvalue weighted by Crippen LogP contribution is 2.37. The lowest BCUT2D eigenvalue weighted by Gasteiger charge is -2.25. The molecule has 0 saturated carbocycles. The second-order valence-electron chi connectivity index (χ2n) is 5.73. The first-order valence-electron chi connectivity index (χ1n) is 7.54. The van der Waals surface area contributed by atoms with Crippen LogP contribution in [0.3, 0.4) is 0 Å². The Hall–Kier alpha value is -1.49. The SMILES string of the molecule is COc1ccc(C2NCCc3c2[nH]c2ccc(Br)cc32)c(Cl)c1. The van der Waals surface area contributed by atoms with E-state index >= 15 is 0 Å². The van der Waals surface area contributed by atoms with Gasteiger partial charge in [0.25, 0.3) is 0 Å². The highest BCUT2D eigenvalue weighted by Gasteiger charge is 2.26. The van der Waals surface area contributed by atoms with E-state index in [1.54, 1.807) is 7.11 Å². The van der Waals surface area contributed by atoms with E-state index in [0.717, 1.165) is 39.3 Å². The van der Waals surface area contributed by atoms with E-state index in [1.807, 2.05) is 18.2 Å². The zero-order valence-corrected chi connectivity index (χ0v) is 15.0. The van der Waals surface area contributed by atoms with Crippen LogP contribution >= 0.6 is 27.5 Å². The number of ether oxygens (including phenoxy) is 1. The second-order valence-corrected chi connectivity index (χ2v) is 7.05. The van der Waals surface area contributed by atoms with Crippen molar-refractivity contribution in [2.75, 3.05) is 13.7 Å². The molecule has 0 fully saturated rings. The van der Waals surface area contributed by atoms with Crippen LogP contribution < -0.4 is 10.1 Å². The van der Waals surface area contributed by atoms with Crippen LogP contribution in [0.25, 0.3) is 10.9 Å². The van der Waals surface area contributed by atoms with Crippen LogP contribution in [-0.4, -0.2) is 18.6 Å². The van der Waals surface area contributed by atoms with Gasteiger partial charge in [0.2, 0.25) is 0 Å². The van der Waals surface area contributed by atoms with E-state index in [4.69, 9.17) is 16.3 Å². The molecule has 0 amide bonds. The number of methoxy groups -OCH3 is 1. The van der Waals surface area contributed by atoms with Gasteiger partial charge in [0, 0.05) is 32.6 Å². The number of aromatic nitrogens is 1. The van der Waals surface area contributed by atoms with E-state index < -0.39 is 0 Å². The Morgan fingerprint density at radius 2 is 2.09 bits per heavy atom. The lowest BCUT2D eigenvalue weighted by Crippen LogP contribution is -2.30. The number of H-pyrrole nitrogens is 1. The molecule has 0 spiro atoms. The number of fused-ring (bicyclic) bond motifs is 3. The number of halogens is 2. The quantitative estimate of drug-likeness (QED) is 0.656. The van der Waals surface area contributed by atoms with Crippen LogP contribution in [0, 0.1) is 0 Å². The molecular weight excluding hydrogens is 376 g/mol. The van der Waals surface area contributed by atoms with Gasteiger partial charge in [0.15, 0.2) is 0 Å². The molecule has 1 aliphatic rings. The Labute approximate surface area is 148 Å². The first-order valence-corrected chi connectivity index (χ1v) is 8.71. The summed E-state index contributed by atoms with van der Waals surface area (Å²) < 4.78 is 6.35. The molecule has 0 saturated heterocycles. The first kappa shape index (κ1) is 15.1. The van der Waals surface area contributed by atoms with E-state index in [1.165, 1.54) is 16.6 Å². The van der Waals surface area contributed by atoms with Crippen molar-refractivity contribution in [1.29, 1.82) is 0 Å². The Kier molecular flexibility index (Phi) is 3.84. The predicted octanol–water partition coefficient (Wildman–Crippen LogP) is 4.83. The third kappa shape index (κ3) is 2.55. The Morgan fingerprint density at radius 1 is 1.22 bits per heavy atom. The fraction of sp³-hybridized carbons (Fsp3) is 0.222. The molecule has 1 unspecified atom stereocenters. The van der Waals surface area contributed by atoms with Crippen LogP contribution in [0.2, 0.25) is 5.02 Å². The van der Waals surface area contributed by atoms with Crippen molar-refractivity contribution in [3.05, 3.63) is 62.7 Å². The van der Waals surface area contributed by atoms with Gasteiger partial charge < -0.3 is 15.0 Å². The molecule has 2 heterocycles. The van der Waals surface area contributed by atoms with Crippen LogP contribution in [0.5, 0.6) is 5.75 Å². The average Bonchev–Trinajstić information content (AvgIpc) is 2.93. The van der Waals surface area contributed by atoms with Crippen molar-refractivity contribution in [3.8, 4) is 5.75 Å². The van der Waals surface area contributed by atoms with Crippen molar-refractivity contribution in [2.45, 2.75) is 12.5 Å². The molecule has 0 aliphatic carbocycles. The van der Waals surface area contributed by atoms with Gasteiger partial charge in [-0.3, -0.25) is 0 Å². The predicted molar refractivity (Wildman–Crippen MR) is 97.6 cm³/mol. The van der Waals surface area contributed by atoms with Crippen LogP contribution in [0.1, 0.15) is 22.9 Å². The molecule has 1 atom stereocenters. The van der Waals surface area contributed by atoms with Crippen LogP contribution in [-0.2, 0) is 6.42 Å². The van der Waals surface area contributed by atoms with Crippen molar-refractivity contribution in [2.24, 2.45) is 0 Å². The molecule has 0 bridgehead atoms. The number of hydrogen-bond donors (Lipinski definition) is 2. The zero-order chi connectivity index (χ0) is 16.0. The summed E-state index contributed by atoms with van der Waals surface area (Å²) in [4.78, 5) is 3.57. The van der Waals surface area contributed by atoms with Gasteiger partial charge in [0.1, 0.15) is 5.75 Å². The average molecular weight is 392 g/mol. The van der Waals surface area contributed by atoms with Gasteiger partial charge in [-0.2, -0.15) is 0 Å². The number of benzene rings is 2. The number of nitrogens with one attached hydrogen (secondary N) is 2. The van der Waals surface area contributed by atoms with Crippen molar-refractivity contribution in [3.63, 3.8) is 0 Å². The molecule has 4 rings (SSSR count). The smallest absolute Gasteiger partial charge is 0.120 e. The largest absolute Gasteiger partial charge is 0.497 e. The molecule has 1 aromatic heterocycles. The molecule has 23 heavy (non-hydrogen) atoms. The maximum absolute atomic E-state index is 6.49. The Bertz CT molecular complexity index is 890. The molecule has 3 nitrogen and oxygen atoms in total.